The minimum absolute atomic E-state index is 0.0762. The smallest absolute Gasteiger partial charge is 0.457 e. The second-order valence-corrected chi connectivity index (χ2v) is 17.0. The van der Waals surface area contributed by atoms with Crippen LogP contribution in [0, 0.1) is 0 Å². The molecule has 1 rings (SSSR count). The van der Waals surface area contributed by atoms with Gasteiger partial charge in [0.2, 0.25) is 0 Å². The van der Waals surface area contributed by atoms with Gasteiger partial charge in [0, 0.05) is 13.0 Å². The van der Waals surface area contributed by atoms with Crippen molar-refractivity contribution in [1.29, 1.82) is 0 Å². The van der Waals surface area contributed by atoms with Crippen LogP contribution in [-0.4, -0.2) is 98.9 Å². The van der Waals surface area contributed by atoms with E-state index in [9.17, 15) is 39.8 Å². The van der Waals surface area contributed by atoms with Gasteiger partial charge in [-0.3, -0.25) is 13.8 Å². The number of carbonyl (C=O) groups is 1. The maximum Gasteiger partial charge on any atom is 0.472 e. The number of rotatable bonds is 37. The van der Waals surface area contributed by atoms with Gasteiger partial charge >= 0.3 is 13.8 Å². The number of carbonyl (C=O) groups excluding carboxylic acids is 1. The maximum absolute atomic E-state index is 12.7. The lowest BCUT2D eigenvalue weighted by Gasteiger charge is -2.41. The second-order valence-electron chi connectivity index (χ2n) is 15.6. The van der Waals surface area contributed by atoms with E-state index in [1.54, 1.807) is 0 Å². The Morgan fingerprint density at radius 1 is 0.571 bits per heavy atom. The highest BCUT2D eigenvalue weighted by Crippen LogP contribution is 2.47. The first-order chi connectivity index (χ1) is 27.0. The van der Waals surface area contributed by atoms with E-state index in [0.29, 0.717) is 13.0 Å². The minimum atomic E-state index is -5.00. The largest absolute Gasteiger partial charge is 0.472 e. The average Bonchev–Trinajstić information content (AvgIpc) is 3.18. The number of aliphatic hydroxyl groups excluding tert-OH is 5. The third-order valence-electron chi connectivity index (χ3n) is 10.3. The van der Waals surface area contributed by atoms with Crippen LogP contribution in [0.2, 0.25) is 0 Å². The molecule has 1 aliphatic rings. The molecule has 6 atom stereocenters. The number of esters is 1. The van der Waals surface area contributed by atoms with E-state index in [1.807, 2.05) is 0 Å². The zero-order chi connectivity index (χ0) is 41.3. The summed E-state index contributed by atoms with van der Waals surface area (Å²) < 4.78 is 34.0. The highest BCUT2D eigenvalue weighted by atomic mass is 31.2. The van der Waals surface area contributed by atoms with Crippen LogP contribution in [0.3, 0.4) is 0 Å². The predicted molar refractivity (Wildman–Crippen MR) is 221 cm³/mol. The summed E-state index contributed by atoms with van der Waals surface area (Å²) in [5.41, 5.74) is 0. The van der Waals surface area contributed by atoms with E-state index in [1.165, 1.54) is 103 Å². The van der Waals surface area contributed by atoms with Crippen molar-refractivity contribution in [1.82, 2.24) is 0 Å². The molecule has 330 valence electrons. The molecule has 0 aliphatic heterocycles. The predicted octanol–water partition coefficient (Wildman–Crippen LogP) is 8.53. The molecule has 0 spiro atoms. The zero-order valence-corrected chi connectivity index (χ0v) is 35.8. The van der Waals surface area contributed by atoms with Crippen molar-refractivity contribution >= 4 is 13.8 Å². The van der Waals surface area contributed by atoms with E-state index in [-0.39, 0.29) is 13.0 Å². The number of phosphoric ester groups is 1. The summed E-state index contributed by atoms with van der Waals surface area (Å²) >= 11 is 0. The molecule has 0 radical (unpaired) electrons. The van der Waals surface area contributed by atoms with E-state index in [4.69, 9.17) is 18.5 Å². The summed E-state index contributed by atoms with van der Waals surface area (Å²) in [4.78, 5) is 22.9. The van der Waals surface area contributed by atoms with Crippen molar-refractivity contribution in [3.63, 3.8) is 0 Å². The lowest BCUT2D eigenvalue weighted by molar-refractivity contribution is -0.220. The fourth-order valence-corrected chi connectivity index (χ4v) is 7.71. The summed E-state index contributed by atoms with van der Waals surface area (Å²) in [6.07, 6.45) is 25.7. The number of ether oxygens (including phenoxy) is 2. The molecular formula is C43H81O12P. The Morgan fingerprint density at radius 3 is 1.50 bits per heavy atom. The molecule has 6 unspecified atom stereocenters. The molecule has 12 nitrogen and oxygen atoms in total. The first-order valence-electron chi connectivity index (χ1n) is 22.2. The van der Waals surface area contributed by atoms with Gasteiger partial charge in [-0.25, -0.2) is 4.57 Å². The molecule has 13 heteroatoms. The van der Waals surface area contributed by atoms with Gasteiger partial charge in [-0.15, -0.1) is 0 Å². The van der Waals surface area contributed by atoms with Crippen LogP contribution < -0.4 is 0 Å². The van der Waals surface area contributed by atoms with Gasteiger partial charge in [0.15, 0.2) is 0 Å². The Balaban J connectivity index is 2.29. The summed E-state index contributed by atoms with van der Waals surface area (Å²) in [6, 6.07) is 0. The van der Waals surface area contributed by atoms with Crippen LogP contribution in [0.15, 0.2) is 24.3 Å². The Bertz CT molecular complexity index is 1030. The van der Waals surface area contributed by atoms with Crippen LogP contribution in [0.25, 0.3) is 0 Å². The fraction of sp³-hybridized carbons (Fsp3) is 0.884. The third-order valence-corrected chi connectivity index (χ3v) is 11.3. The standard InChI is InChI=1S/C43H81O12P/c1-3-5-7-9-11-12-13-14-15-16-17-18-19-20-21-22-23-24-25-27-29-31-33-52-34-36(54-37(44)32-30-28-26-10-8-6-4-2)35-53-56(50,51)55-43-41(48)39(46)38(45)40(47)42(43)49/h13-14,16-17,36,38-43,45-49H,3-12,15,18-35H2,1-2H3,(H,50,51)/b14-13-,17-16-. The third kappa shape index (κ3) is 26.7. The van der Waals surface area contributed by atoms with E-state index >= 15 is 0 Å². The molecular weight excluding hydrogens is 739 g/mol. The Labute approximate surface area is 339 Å². The van der Waals surface area contributed by atoms with E-state index in [0.717, 1.165) is 51.4 Å². The molecule has 0 heterocycles. The second kappa shape index (κ2) is 34.7. The molecule has 6 N–H and O–H groups in total. The lowest BCUT2D eigenvalue weighted by Crippen LogP contribution is -2.64. The average molecular weight is 821 g/mol. The summed E-state index contributed by atoms with van der Waals surface area (Å²) in [7, 11) is -5.00. The van der Waals surface area contributed by atoms with Crippen molar-refractivity contribution in [2.45, 2.75) is 224 Å². The number of hydrogen-bond donors (Lipinski definition) is 6. The minimum Gasteiger partial charge on any atom is -0.457 e. The molecule has 0 amide bonds. The molecule has 56 heavy (non-hydrogen) atoms. The normalized spacial score (nSPS) is 23.2. The summed E-state index contributed by atoms with van der Waals surface area (Å²) in [5.74, 6) is -0.485. The number of hydrogen-bond acceptors (Lipinski definition) is 11. The number of aliphatic hydroxyl groups is 5. The van der Waals surface area contributed by atoms with Gasteiger partial charge in [0.1, 0.15) is 42.7 Å². The van der Waals surface area contributed by atoms with Crippen LogP contribution in [0.1, 0.15) is 181 Å². The first kappa shape index (κ1) is 52.8. The molecule has 0 bridgehead atoms. The molecule has 0 aromatic heterocycles. The molecule has 0 aromatic carbocycles. The quantitative estimate of drug-likeness (QED) is 0.0152. The number of allylic oxidation sites excluding steroid dienone is 4. The highest BCUT2D eigenvalue weighted by molar-refractivity contribution is 7.47. The van der Waals surface area contributed by atoms with Gasteiger partial charge in [-0.2, -0.15) is 0 Å². The van der Waals surface area contributed by atoms with Crippen LogP contribution in [0.4, 0.5) is 0 Å². The summed E-state index contributed by atoms with van der Waals surface area (Å²) in [5, 5.41) is 50.0. The Hall–Kier alpha value is -1.18. The Morgan fingerprint density at radius 2 is 1.00 bits per heavy atom. The zero-order valence-electron chi connectivity index (χ0n) is 34.9. The first-order valence-corrected chi connectivity index (χ1v) is 23.7. The number of phosphoric acid groups is 1. The van der Waals surface area contributed by atoms with Crippen LogP contribution in [-0.2, 0) is 27.9 Å². The van der Waals surface area contributed by atoms with Gasteiger partial charge in [0.05, 0.1) is 13.2 Å². The molecule has 0 aromatic rings. The topological polar surface area (TPSA) is 192 Å². The molecule has 1 saturated carbocycles. The fourth-order valence-electron chi connectivity index (χ4n) is 6.74. The Kier molecular flexibility index (Phi) is 32.7. The maximum atomic E-state index is 12.7. The SMILES string of the molecule is CCCCCCC/C=C\C/C=C\CCCCCCCCCCCCOCC(COP(=O)(O)OC1C(O)C(O)C(O)C(O)C1O)OC(=O)CCCCCCCCC. The van der Waals surface area contributed by atoms with Gasteiger partial charge in [-0.1, -0.05) is 154 Å². The van der Waals surface area contributed by atoms with E-state index in [2.05, 4.69) is 38.2 Å². The molecule has 1 fully saturated rings. The number of unbranched alkanes of at least 4 members (excludes halogenated alkanes) is 21. The van der Waals surface area contributed by atoms with Crippen molar-refractivity contribution in [2.24, 2.45) is 0 Å². The van der Waals surface area contributed by atoms with Crippen molar-refractivity contribution in [2.75, 3.05) is 19.8 Å². The van der Waals surface area contributed by atoms with E-state index < -0.39 is 63.1 Å². The van der Waals surface area contributed by atoms with Gasteiger partial charge in [-0.05, 0) is 44.9 Å². The van der Waals surface area contributed by atoms with Gasteiger partial charge < -0.3 is 39.9 Å². The van der Waals surface area contributed by atoms with Crippen LogP contribution >= 0.6 is 7.82 Å². The van der Waals surface area contributed by atoms with Crippen LogP contribution in [0.5, 0.6) is 0 Å². The lowest BCUT2D eigenvalue weighted by atomic mass is 9.85. The monoisotopic (exact) mass is 821 g/mol. The van der Waals surface area contributed by atoms with Crippen molar-refractivity contribution in [3.8, 4) is 0 Å². The van der Waals surface area contributed by atoms with Crippen molar-refractivity contribution < 1.29 is 58.3 Å². The van der Waals surface area contributed by atoms with Gasteiger partial charge in [0.25, 0.3) is 0 Å². The molecule has 0 saturated heterocycles. The highest BCUT2D eigenvalue weighted by Gasteiger charge is 2.51. The summed E-state index contributed by atoms with van der Waals surface area (Å²) in [6.45, 7) is 4.18. The molecule has 1 aliphatic carbocycles. The van der Waals surface area contributed by atoms with Crippen molar-refractivity contribution in [3.05, 3.63) is 24.3 Å².